The van der Waals surface area contributed by atoms with Crippen LogP contribution in [-0.4, -0.2) is 20.6 Å². The SMILES string of the molecule is CC(C)C1CC1(C)CNS(=O)(=O)OC1(C)CC1. The highest BCUT2D eigenvalue weighted by Gasteiger charge is 2.52. The van der Waals surface area contributed by atoms with Crippen LogP contribution in [0.4, 0.5) is 0 Å². The molecule has 2 aliphatic rings. The number of hydrogen-bond acceptors (Lipinski definition) is 3. The van der Waals surface area contributed by atoms with E-state index in [1.807, 2.05) is 6.92 Å². The zero-order valence-corrected chi connectivity index (χ0v) is 11.9. The van der Waals surface area contributed by atoms with Crippen LogP contribution >= 0.6 is 0 Å². The minimum atomic E-state index is -3.57. The van der Waals surface area contributed by atoms with Crippen molar-refractivity contribution < 1.29 is 12.6 Å². The summed E-state index contributed by atoms with van der Waals surface area (Å²) in [5, 5.41) is 0. The summed E-state index contributed by atoms with van der Waals surface area (Å²) in [7, 11) is -3.57. The zero-order chi connectivity index (χ0) is 12.9. The second kappa shape index (κ2) is 3.93. The Balaban J connectivity index is 1.82. The third-order valence-corrected chi connectivity index (χ3v) is 5.26. The molecule has 2 unspecified atom stereocenters. The molecule has 0 aliphatic heterocycles. The Morgan fingerprint density at radius 1 is 1.35 bits per heavy atom. The van der Waals surface area contributed by atoms with E-state index < -0.39 is 15.9 Å². The molecule has 17 heavy (non-hydrogen) atoms. The van der Waals surface area contributed by atoms with Crippen LogP contribution in [0.1, 0.15) is 47.0 Å². The molecule has 2 atom stereocenters. The van der Waals surface area contributed by atoms with Crippen LogP contribution in [0.3, 0.4) is 0 Å². The molecule has 0 heterocycles. The molecule has 5 heteroatoms. The normalized spacial score (nSPS) is 35.0. The van der Waals surface area contributed by atoms with Gasteiger partial charge in [0, 0.05) is 6.54 Å². The van der Waals surface area contributed by atoms with Gasteiger partial charge in [-0.3, -0.25) is 4.18 Å². The summed E-state index contributed by atoms with van der Waals surface area (Å²) in [5.41, 5.74) is -0.317. The molecular formula is C12H23NO3S. The highest BCUT2D eigenvalue weighted by atomic mass is 32.2. The fraction of sp³-hybridized carbons (Fsp3) is 1.00. The molecule has 0 aromatic rings. The molecule has 0 radical (unpaired) electrons. The van der Waals surface area contributed by atoms with Crippen molar-refractivity contribution in [3.63, 3.8) is 0 Å². The molecule has 1 N–H and O–H groups in total. The Morgan fingerprint density at radius 2 is 1.94 bits per heavy atom. The Bertz CT molecular complexity index is 400. The molecule has 0 spiro atoms. The van der Waals surface area contributed by atoms with Gasteiger partial charge in [0.15, 0.2) is 0 Å². The Hall–Kier alpha value is -0.130. The lowest BCUT2D eigenvalue weighted by Gasteiger charge is -2.16. The van der Waals surface area contributed by atoms with Crippen LogP contribution in [0.2, 0.25) is 0 Å². The quantitative estimate of drug-likeness (QED) is 0.796. The lowest BCUT2D eigenvalue weighted by molar-refractivity contribution is 0.202. The molecule has 2 rings (SSSR count). The number of hydrogen-bond donors (Lipinski definition) is 1. The van der Waals surface area contributed by atoms with Crippen LogP contribution in [0.5, 0.6) is 0 Å². The minimum absolute atomic E-state index is 0.120. The molecule has 0 saturated heterocycles. The van der Waals surface area contributed by atoms with Gasteiger partial charge in [-0.1, -0.05) is 20.8 Å². The van der Waals surface area contributed by atoms with Gasteiger partial charge in [-0.2, -0.15) is 13.1 Å². The van der Waals surface area contributed by atoms with Crippen LogP contribution in [0, 0.1) is 17.3 Å². The van der Waals surface area contributed by atoms with Gasteiger partial charge in [0.25, 0.3) is 0 Å². The van der Waals surface area contributed by atoms with Crippen LogP contribution in [-0.2, 0) is 14.5 Å². The zero-order valence-electron chi connectivity index (χ0n) is 11.1. The van der Waals surface area contributed by atoms with Gasteiger partial charge in [-0.15, -0.1) is 0 Å². The van der Waals surface area contributed by atoms with E-state index in [2.05, 4.69) is 25.5 Å². The van der Waals surface area contributed by atoms with E-state index in [0.717, 1.165) is 19.3 Å². The average Bonchev–Trinajstić information content (AvgIpc) is 3.03. The van der Waals surface area contributed by atoms with Crippen molar-refractivity contribution in [3.05, 3.63) is 0 Å². The summed E-state index contributed by atoms with van der Waals surface area (Å²) in [6.45, 7) is 8.84. The maximum absolute atomic E-state index is 11.7. The van der Waals surface area contributed by atoms with E-state index in [4.69, 9.17) is 4.18 Å². The fourth-order valence-electron chi connectivity index (χ4n) is 2.49. The molecule has 100 valence electrons. The average molecular weight is 261 g/mol. The molecule has 4 nitrogen and oxygen atoms in total. The molecular weight excluding hydrogens is 238 g/mol. The summed E-state index contributed by atoms with van der Waals surface area (Å²) < 4.78 is 31.1. The second-order valence-electron chi connectivity index (χ2n) is 6.52. The Labute approximate surface area is 104 Å². The monoisotopic (exact) mass is 261 g/mol. The Morgan fingerprint density at radius 3 is 2.35 bits per heavy atom. The van der Waals surface area contributed by atoms with Crippen LogP contribution in [0.25, 0.3) is 0 Å². The van der Waals surface area contributed by atoms with E-state index in [1.54, 1.807) is 0 Å². The summed E-state index contributed by atoms with van der Waals surface area (Å²) in [6, 6.07) is 0. The van der Waals surface area contributed by atoms with Gasteiger partial charge in [-0.25, -0.2) is 0 Å². The molecule has 2 aliphatic carbocycles. The van der Waals surface area contributed by atoms with Crippen molar-refractivity contribution >= 4 is 10.3 Å². The highest BCUT2D eigenvalue weighted by molar-refractivity contribution is 7.84. The predicted octanol–water partition coefficient (Wildman–Crippen LogP) is 2.07. The van der Waals surface area contributed by atoms with E-state index in [1.165, 1.54) is 0 Å². The molecule has 2 saturated carbocycles. The van der Waals surface area contributed by atoms with E-state index in [-0.39, 0.29) is 5.41 Å². The first-order valence-electron chi connectivity index (χ1n) is 6.36. The maximum Gasteiger partial charge on any atom is 0.336 e. The lowest BCUT2D eigenvalue weighted by Crippen LogP contribution is -2.34. The summed E-state index contributed by atoms with van der Waals surface area (Å²) in [5.74, 6) is 1.24. The maximum atomic E-state index is 11.7. The largest absolute Gasteiger partial charge is 0.336 e. The van der Waals surface area contributed by atoms with Gasteiger partial charge in [0.1, 0.15) is 0 Å². The van der Waals surface area contributed by atoms with Gasteiger partial charge >= 0.3 is 10.3 Å². The highest BCUT2D eigenvalue weighted by Crippen LogP contribution is 2.55. The summed E-state index contributed by atoms with van der Waals surface area (Å²) >= 11 is 0. The van der Waals surface area contributed by atoms with Crippen LogP contribution < -0.4 is 4.72 Å². The summed E-state index contributed by atoms with van der Waals surface area (Å²) in [6.07, 6.45) is 2.77. The topological polar surface area (TPSA) is 55.4 Å². The van der Waals surface area contributed by atoms with E-state index >= 15 is 0 Å². The fourth-order valence-corrected chi connectivity index (χ4v) is 3.76. The first-order chi connectivity index (χ1) is 7.66. The van der Waals surface area contributed by atoms with Crippen molar-refractivity contribution in [2.75, 3.05) is 6.54 Å². The summed E-state index contributed by atoms with van der Waals surface area (Å²) in [4.78, 5) is 0. The van der Waals surface area contributed by atoms with Crippen molar-refractivity contribution in [2.45, 2.75) is 52.6 Å². The van der Waals surface area contributed by atoms with Crippen LogP contribution in [0.15, 0.2) is 0 Å². The van der Waals surface area contributed by atoms with Gasteiger partial charge in [0.2, 0.25) is 0 Å². The molecule has 2 fully saturated rings. The first kappa shape index (κ1) is 13.3. The van der Waals surface area contributed by atoms with E-state index in [0.29, 0.717) is 18.4 Å². The number of nitrogens with one attached hydrogen (secondary N) is 1. The smallest absolute Gasteiger partial charge is 0.252 e. The molecule has 0 amide bonds. The van der Waals surface area contributed by atoms with Gasteiger partial charge in [-0.05, 0) is 43.4 Å². The number of rotatable bonds is 6. The predicted molar refractivity (Wildman–Crippen MR) is 66.7 cm³/mol. The van der Waals surface area contributed by atoms with Crippen molar-refractivity contribution in [3.8, 4) is 0 Å². The molecule has 0 aromatic carbocycles. The van der Waals surface area contributed by atoms with Crippen molar-refractivity contribution in [1.82, 2.24) is 4.72 Å². The first-order valence-corrected chi connectivity index (χ1v) is 7.77. The third kappa shape index (κ3) is 3.20. The standard InChI is InChI=1S/C12H23NO3S/c1-9(2)10-7-11(10,3)8-13-17(14,15)16-12(4)5-6-12/h9-10,13H,5-8H2,1-4H3. The van der Waals surface area contributed by atoms with Gasteiger partial charge < -0.3 is 0 Å². The Kier molecular flexibility index (Phi) is 3.08. The van der Waals surface area contributed by atoms with E-state index in [9.17, 15) is 8.42 Å². The minimum Gasteiger partial charge on any atom is -0.252 e. The lowest BCUT2D eigenvalue weighted by atomic mass is 9.99. The van der Waals surface area contributed by atoms with Crippen molar-refractivity contribution in [2.24, 2.45) is 17.3 Å². The third-order valence-electron chi connectivity index (χ3n) is 4.14. The van der Waals surface area contributed by atoms with Crippen molar-refractivity contribution in [1.29, 1.82) is 0 Å². The molecule has 0 bridgehead atoms. The molecule has 0 aromatic heterocycles. The van der Waals surface area contributed by atoms with Gasteiger partial charge in [0.05, 0.1) is 5.60 Å². The second-order valence-corrected chi connectivity index (χ2v) is 7.88.